The lowest BCUT2D eigenvalue weighted by Gasteiger charge is -2.39. The molecule has 0 aromatic carbocycles. The summed E-state index contributed by atoms with van der Waals surface area (Å²) in [6, 6.07) is 0. The van der Waals surface area contributed by atoms with Crippen molar-refractivity contribution in [3.8, 4) is 0 Å². The van der Waals surface area contributed by atoms with Gasteiger partial charge < -0.3 is 24.1 Å². The molecule has 0 aliphatic rings. The molecule has 0 saturated carbocycles. The SMILES string of the molecule is CCC(C)(CC(C)(CC(C)(C)C(=O)OC)C(=O)OCC(=O)OC)C(=O)OCC(=O)O. The molecule has 0 bridgehead atoms. The molecule has 10 nitrogen and oxygen atoms in total. The van der Waals surface area contributed by atoms with Crippen LogP contribution in [0.4, 0.5) is 0 Å². The fourth-order valence-corrected chi connectivity index (χ4v) is 3.39. The highest BCUT2D eigenvalue weighted by molar-refractivity contribution is 5.84. The minimum absolute atomic E-state index is 0.0610. The van der Waals surface area contributed by atoms with Crippen molar-refractivity contribution in [1.29, 1.82) is 0 Å². The number of carboxylic acids is 1. The van der Waals surface area contributed by atoms with Gasteiger partial charge in [0.15, 0.2) is 13.2 Å². The molecule has 0 amide bonds. The van der Waals surface area contributed by atoms with Crippen LogP contribution in [0.1, 0.15) is 53.9 Å². The van der Waals surface area contributed by atoms with Gasteiger partial charge in [-0.1, -0.05) is 6.92 Å². The maximum atomic E-state index is 12.9. The molecule has 0 rings (SSSR count). The molecule has 0 saturated heterocycles. The first kappa shape index (κ1) is 27.4. The van der Waals surface area contributed by atoms with Crippen LogP contribution in [0.3, 0.4) is 0 Å². The summed E-state index contributed by atoms with van der Waals surface area (Å²) in [5.41, 5.74) is -3.77. The minimum Gasteiger partial charge on any atom is -0.479 e. The van der Waals surface area contributed by atoms with Gasteiger partial charge in [-0.25, -0.2) is 9.59 Å². The van der Waals surface area contributed by atoms with E-state index in [1.165, 1.54) is 21.0 Å². The van der Waals surface area contributed by atoms with Gasteiger partial charge in [0.1, 0.15) is 0 Å². The first-order valence-corrected chi connectivity index (χ1v) is 9.39. The zero-order valence-electron chi connectivity index (χ0n) is 18.7. The molecule has 10 heteroatoms. The Morgan fingerprint density at radius 2 is 1.23 bits per heavy atom. The average Bonchev–Trinajstić information content (AvgIpc) is 2.67. The Balaban J connectivity index is 5.92. The van der Waals surface area contributed by atoms with Crippen molar-refractivity contribution in [3.05, 3.63) is 0 Å². The van der Waals surface area contributed by atoms with Crippen molar-refractivity contribution >= 4 is 29.8 Å². The lowest BCUT2D eigenvalue weighted by Crippen LogP contribution is -2.44. The van der Waals surface area contributed by atoms with E-state index in [-0.39, 0.29) is 19.3 Å². The van der Waals surface area contributed by atoms with Crippen LogP contribution in [-0.2, 0) is 42.9 Å². The van der Waals surface area contributed by atoms with E-state index in [4.69, 9.17) is 19.3 Å². The lowest BCUT2D eigenvalue weighted by atomic mass is 9.65. The van der Waals surface area contributed by atoms with Crippen LogP contribution >= 0.6 is 0 Å². The number of hydrogen-bond acceptors (Lipinski definition) is 9. The smallest absolute Gasteiger partial charge is 0.344 e. The topological polar surface area (TPSA) is 143 Å². The highest BCUT2D eigenvalue weighted by Crippen LogP contribution is 2.45. The van der Waals surface area contributed by atoms with E-state index in [0.29, 0.717) is 0 Å². The molecule has 2 atom stereocenters. The van der Waals surface area contributed by atoms with E-state index in [1.807, 2.05) is 0 Å². The average molecular weight is 432 g/mol. The molecule has 1 N–H and O–H groups in total. The number of aliphatic carboxylic acids is 1. The Hall–Kier alpha value is -2.65. The van der Waals surface area contributed by atoms with Gasteiger partial charge in [0.05, 0.1) is 30.5 Å². The predicted molar refractivity (Wildman–Crippen MR) is 103 cm³/mol. The number of hydrogen-bond donors (Lipinski definition) is 1. The molecule has 0 radical (unpaired) electrons. The third-order valence-electron chi connectivity index (χ3n) is 4.99. The Morgan fingerprint density at radius 3 is 1.67 bits per heavy atom. The van der Waals surface area contributed by atoms with Gasteiger partial charge in [0.25, 0.3) is 0 Å². The molecule has 0 aliphatic heterocycles. The molecule has 0 aromatic rings. The number of methoxy groups -OCH3 is 2. The van der Waals surface area contributed by atoms with Gasteiger partial charge in [-0.15, -0.1) is 0 Å². The Bertz CT molecular complexity index is 668. The Morgan fingerprint density at radius 1 is 0.733 bits per heavy atom. The highest BCUT2D eigenvalue weighted by Gasteiger charge is 2.50. The van der Waals surface area contributed by atoms with Gasteiger partial charge in [-0.2, -0.15) is 0 Å². The summed E-state index contributed by atoms with van der Waals surface area (Å²) in [5.74, 6) is -4.25. The van der Waals surface area contributed by atoms with Crippen LogP contribution in [-0.4, -0.2) is 62.4 Å². The molecular weight excluding hydrogens is 400 g/mol. The van der Waals surface area contributed by atoms with Crippen LogP contribution in [0.2, 0.25) is 0 Å². The standard InChI is InChI=1S/C20H32O10/c1-8-19(4,16(25)29-9-13(21)22)12-20(5,11-18(2,3)15(24)28-7)17(26)30-10-14(23)27-6/h8-12H2,1-7H3,(H,21,22). The predicted octanol–water partition coefficient (Wildman–Crippen LogP) is 1.73. The van der Waals surface area contributed by atoms with Crippen LogP contribution in [0.25, 0.3) is 0 Å². The van der Waals surface area contributed by atoms with Crippen molar-refractivity contribution in [2.75, 3.05) is 27.4 Å². The third kappa shape index (κ3) is 7.64. The summed E-state index contributed by atoms with van der Waals surface area (Å²) < 4.78 is 19.2. The maximum Gasteiger partial charge on any atom is 0.344 e. The number of rotatable bonds is 12. The quantitative estimate of drug-likeness (QED) is 0.358. The van der Waals surface area contributed by atoms with Gasteiger partial charge >= 0.3 is 29.8 Å². The first-order chi connectivity index (χ1) is 13.7. The molecule has 2 unspecified atom stereocenters. The summed E-state index contributed by atoms with van der Waals surface area (Å²) in [6.45, 7) is 6.45. The van der Waals surface area contributed by atoms with Gasteiger partial charge in [0, 0.05) is 0 Å². The van der Waals surface area contributed by atoms with Crippen molar-refractivity contribution in [2.24, 2.45) is 16.2 Å². The summed E-state index contributed by atoms with van der Waals surface area (Å²) in [7, 11) is 2.36. The maximum absolute atomic E-state index is 12.9. The van der Waals surface area contributed by atoms with Crippen LogP contribution in [0.5, 0.6) is 0 Å². The largest absolute Gasteiger partial charge is 0.479 e. The van der Waals surface area contributed by atoms with Crippen LogP contribution in [0.15, 0.2) is 0 Å². The number of esters is 4. The van der Waals surface area contributed by atoms with E-state index < -0.39 is 59.3 Å². The highest BCUT2D eigenvalue weighted by atomic mass is 16.6. The molecule has 0 aromatic heterocycles. The van der Waals surface area contributed by atoms with E-state index in [2.05, 4.69) is 4.74 Å². The van der Waals surface area contributed by atoms with E-state index in [9.17, 15) is 24.0 Å². The second-order valence-electron chi connectivity index (χ2n) is 8.33. The van der Waals surface area contributed by atoms with Crippen molar-refractivity contribution in [1.82, 2.24) is 0 Å². The normalized spacial score (nSPS) is 15.2. The molecule has 0 fully saturated rings. The van der Waals surface area contributed by atoms with Crippen LogP contribution in [0, 0.1) is 16.2 Å². The Labute approximate surface area is 176 Å². The zero-order chi connectivity index (χ0) is 23.8. The molecule has 172 valence electrons. The summed E-state index contributed by atoms with van der Waals surface area (Å²) >= 11 is 0. The molecule has 0 heterocycles. The van der Waals surface area contributed by atoms with Crippen molar-refractivity contribution in [2.45, 2.75) is 53.9 Å². The molecular formula is C20H32O10. The van der Waals surface area contributed by atoms with E-state index in [0.717, 1.165) is 7.11 Å². The summed E-state index contributed by atoms with van der Waals surface area (Å²) in [5, 5.41) is 8.76. The van der Waals surface area contributed by atoms with Gasteiger partial charge in [-0.05, 0) is 47.0 Å². The molecule has 0 spiro atoms. The Kier molecular flexibility index (Phi) is 9.97. The second-order valence-corrected chi connectivity index (χ2v) is 8.33. The lowest BCUT2D eigenvalue weighted by molar-refractivity contribution is -0.173. The minimum atomic E-state index is -1.40. The fraction of sp³-hybridized carbons (Fsp3) is 0.750. The van der Waals surface area contributed by atoms with Crippen LogP contribution < -0.4 is 0 Å². The fourth-order valence-electron chi connectivity index (χ4n) is 3.39. The van der Waals surface area contributed by atoms with Crippen molar-refractivity contribution < 1.29 is 48.0 Å². The first-order valence-electron chi connectivity index (χ1n) is 9.39. The van der Waals surface area contributed by atoms with E-state index in [1.54, 1.807) is 20.8 Å². The zero-order valence-corrected chi connectivity index (χ0v) is 18.7. The monoisotopic (exact) mass is 432 g/mol. The number of carboxylic acid groups (broad SMARTS) is 1. The second kappa shape index (κ2) is 10.9. The number of carbonyl (C=O) groups excluding carboxylic acids is 4. The number of ether oxygens (including phenoxy) is 4. The van der Waals surface area contributed by atoms with Crippen molar-refractivity contribution in [3.63, 3.8) is 0 Å². The van der Waals surface area contributed by atoms with Gasteiger partial charge in [0.2, 0.25) is 0 Å². The summed E-state index contributed by atoms with van der Waals surface area (Å²) in [4.78, 5) is 59.8. The van der Waals surface area contributed by atoms with Gasteiger partial charge in [-0.3, -0.25) is 14.4 Å². The molecule has 30 heavy (non-hydrogen) atoms. The van der Waals surface area contributed by atoms with E-state index >= 15 is 0 Å². The third-order valence-corrected chi connectivity index (χ3v) is 4.99. The number of carbonyl (C=O) groups is 5. The molecule has 0 aliphatic carbocycles. The summed E-state index contributed by atoms with van der Waals surface area (Å²) in [6.07, 6.45) is 0.0494.